The highest BCUT2D eigenvalue weighted by molar-refractivity contribution is 6.15. The van der Waals surface area contributed by atoms with Gasteiger partial charge in [0.15, 0.2) is 11.5 Å². The number of rotatable bonds is 7. The van der Waals surface area contributed by atoms with Crippen molar-refractivity contribution in [3.05, 3.63) is 40.7 Å². The normalized spacial score (nSPS) is 12.2. The number of amides is 1. The average Bonchev–Trinajstić information content (AvgIpc) is 3.67. The Morgan fingerprint density at radius 2 is 1.67 bits per heavy atom. The fourth-order valence-corrected chi connectivity index (χ4v) is 5.20. The van der Waals surface area contributed by atoms with E-state index in [0.717, 1.165) is 21.9 Å². The van der Waals surface area contributed by atoms with Gasteiger partial charge in [0.25, 0.3) is 5.91 Å². The summed E-state index contributed by atoms with van der Waals surface area (Å²) in [7, 11) is 5.97. The molecule has 4 aromatic rings. The molecule has 0 saturated heterocycles. The van der Waals surface area contributed by atoms with Crippen LogP contribution in [0.2, 0.25) is 0 Å². The zero-order chi connectivity index (χ0) is 28.4. The quantitative estimate of drug-likeness (QED) is 0.236. The molecule has 2 aromatic carbocycles. The first-order chi connectivity index (χ1) is 18.9. The number of esters is 1. The Hall–Kier alpha value is -4.05. The number of aromatic amines is 2. The lowest BCUT2D eigenvalue weighted by atomic mass is 10.0. The third-order valence-corrected chi connectivity index (χ3v) is 6.77. The number of H-pyrrole nitrogens is 2. The van der Waals surface area contributed by atoms with Gasteiger partial charge < -0.3 is 38.6 Å². The maximum Gasteiger partial charge on any atom is 0.340 e. The highest BCUT2D eigenvalue weighted by atomic mass is 35.5. The van der Waals surface area contributed by atoms with E-state index in [1.807, 2.05) is 19.9 Å². The lowest BCUT2D eigenvalue weighted by molar-refractivity contribution is 0.0602. The van der Waals surface area contributed by atoms with E-state index in [2.05, 4.69) is 21.6 Å². The van der Waals surface area contributed by atoms with Crippen molar-refractivity contribution in [2.75, 3.05) is 52.9 Å². The van der Waals surface area contributed by atoms with Crippen LogP contribution < -0.4 is 23.8 Å². The van der Waals surface area contributed by atoms with E-state index in [1.54, 1.807) is 24.1 Å². The number of halogens is 1. The molecule has 39 heavy (non-hydrogen) atoms. The Morgan fingerprint density at radius 3 is 2.28 bits per heavy atom. The van der Waals surface area contributed by atoms with Crippen molar-refractivity contribution in [2.45, 2.75) is 20.3 Å². The molecule has 1 amide bonds. The minimum atomic E-state index is -0.435. The number of fused-ring (bicyclic) bond motifs is 4. The van der Waals surface area contributed by atoms with E-state index in [9.17, 15) is 9.59 Å². The van der Waals surface area contributed by atoms with E-state index in [-0.39, 0.29) is 5.91 Å². The van der Waals surface area contributed by atoms with Gasteiger partial charge >= 0.3 is 5.97 Å². The summed E-state index contributed by atoms with van der Waals surface area (Å²) < 4.78 is 27.5. The number of benzene rings is 2. The fraction of sp³-hybridized carbons (Fsp3) is 0.357. The first-order valence-electron chi connectivity index (χ1n) is 12.3. The predicted octanol–water partition coefficient (Wildman–Crippen LogP) is 5.23. The number of alkyl halides is 1. The fourth-order valence-electron chi connectivity index (χ4n) is 5.20. The van der Waals surface area contributed by atoms with Gasteiger partial charge in [-0.3, -0.25) is 4.79 Å². The average molecular weight is 558 g/mol. The number of nitrogens with zero attached hydrogens (tertiary/aromatic N) is 1. The van der Waals surface area contributed by atoms with Gasteiger partial charge in [-0.15, -0.1) is 11.6 Å². The predicted molar refractivity (Wildman–Crippen MR) is 151 cm³/mol. The Balaban J connectivity index is 0.00000172. The van der Waals surface area contributed by atoms with E-state index in [4.69, 9.17) is 23.7 Å². The highest BCUT2D eigenvalue weighted by Crippen LogP contribution is 2.45. The molecule has 1 aliphatic heterocycles. The zero-order valence-electron chi connectivity index (χ0n) is 23.0. The summed E-state index contributed by atoms with van der Waals surface area (Å²) in [4.78, 5) is 34.7. The van der Waals surface area contributed by atoms with Crippen LogP contribution in [0.25, 0.3) is 21.8 Å². The second-order valence-electron chi connectivity index (χ2n) is 8.67. The number of anilines is 1. The van der Waals surface area contributed by atoms with Gasteiger partial charge in [0, 0.05) is 35.5 Å². The Morgan fingerprint density at radius 1 is 0.949 bits per heavy atom. The second-order valence-corrected chi connectivity index (χ2v) is 8.67. The number of carbonyl (C=O) groups is 2. The Labute approximate surface area is 231 Å². The first kappa shape index (κ1) is 28.0. The number of carbonyl (C=O) groups excluding carboxylic acids is 2. The number of hydrogen-bond donors (Lipinski definition) is 2. The number of ether oxygens (including phenoxy) is 5. The topological polar surface area (TPSA) is 115 Å². The van der Waals surface area contributed by atoms with Crippen LogP contribution in [0, 0.1) is 6.92 Å². The molecule has 0 fully saturated rings. The number of methoxy groups -OCH3 is 4. The zero-order valence-corrected chi connectivity index (χ0v) is 23.8. The molecule has 5 rings (SSSR count). The molecule has 0 unspecified atom stereocenters. The van der Waals surface area contributed by atoms with Crippen LogP contribution >= 0.6 is 11.6 Å². The van der Waals surface area contributed by atoms with Crippen molar-refractivity contribution in [1.82, 2.24) is 9.97 Å². The number of aromatic nitrogens is 2. The van der Waals surface area contributed by atoms with Crippen LogP contribution in [0.4, 0.5) is 5.69 Å². The maximum atomic E-state index is 13.8. The van der Waals surface area contributed by atoms with Crippen LogP contribution in [-0.2, 0) is 11.2 Å². The van der Waals surface area contributed by atoms with Crippen molar-refractivity contribution in [3.8, 4) is 23.0 Å². The molecule has 0 spiro atoms. The van der Waals surface area contributed by atoms with Gasteiger partial charge in [-0.25, -0.2) is 4.79 Å². The number of aryl methyl sites for hydroxylation is 1. The van der Waals surface area contributed by atoms with Gasteiger partial charge in [0.2, 0.25) is 5.75 Å². The van der Waals surface area contributed by atoms with Crippen LogP contribution in [-0.4, -0.2) is 69.8 Å². The maximum absolute atomic E-state index is 13.8. The summed E-state index contributed by atoms with van der Waals surface area (Å²) in [5.41, 5.74) is 4.48. The van der Waals surface area contributed by atoms with E-state index in [1.165, 1.54) is 27.7 Å². The van der Waals surface area contributed by atoms with Crippen LogP contribution in [0.3, 0.4) is 0 Å². The molecular weight excluding hydrogens is 526 g/mol. The monoisotopic (exact) mass is 557 g/mol. The van der Waals surface area contributed by atoms with Gasteiger partial charge in [0.05, 0.1) is 57.3 Å². The Kier molecular flexibility index (Phi) is 8.15. The summed E-state index contributed by atoms with van der Waals surface area (Å²) >= 11 is 4.64. The Bertz CT molecular complexity index is 1560. The molecule has 0 bridgehead atoms. The van der Waals surface area contributed by atoms with Crippen LogP contribution in [0.15, 0.2) is 18.2 Å². The molecular formula is C28H32ClN3O7. The minimum Gasteiger partial charge on any atom is -0.493 e. The van der Waals surface area contributed by atoms with Crippen molar-refractivity contribution in [3.63, 3.8) is 0 Å². The molecule has 0 saturated carbocycles. The molecule has 208 valence electrons. The third kappa shape index (κ3) is 4.48. The summed E-state index contributed by atoms with van der Waals surface area (Å²) in [5.74, 6) is 1.30. The molecule has 0 aliphatic carbocycles. The van der Waals surface area contributed by atoms with Crippen LogP contribution in [0.5, 0.6) is 23.0 Å². The largest absolute Gasteiger partial charge is 0.493 e. The first-order valence-corrected chi connectivity index (χ1v) is 13.0. The third-order valence-electron chi connectivity index (χ3n) is 6.77. The molecule has 3 heterocycles. The van der Waals surface area contributed by atoms with E-state index < -0.39 is 5.97 Å². The van der Waals surface area contributed by atoms with Gasteiger partial charge in [0.1, 0.15) is 11.4 Å². The standard InChI is InChI=1S/C27H29N3O7.CH3Cl/c1-7-37-18-12-17-15(21-20(27(32)36-6)13(2)28-23(18)21)8-9-30(17)26(31)16-10-14-11-19(33-3)24(34-4)25(35-5)22(14)29-16;1-2/h10-12,28-29H,7-9H2,1-6H3;1H3. The van der Waals surface area contributed by atoms with Crippen LogP contribution in [0.1, 0.15) is 39.0 Å². The highest BCUT2D eigenvalue weighted by Gasteiger charge is 2.33. The SMILES string of the molecule is CCOc1cc2c(c3c(C(=O)OC)c(C)[nH]c13)CCN2C(=O)c1cc2cc(OC)c(OC)c(OC)c2[nH]1.CCl. The molecule has 0 radical (unpaired) electrons. The summed E-state index contributed by atoms with van der Waals surface area (Å²) in [6, 6.07) is 5.42. The smallest absolute Gasteiger partial charge is 0.340 e. The molecule has 11 heteroatoms. The molecule has 2 N–H and O–H groups in total. The van der Waals surface area contributed by atoms with Gasteiger partial charge in [-0.1, -0.05) is 0 Å². The van der Waals surface area contributed by atoms with Gasteiger partial charge in [-0.2, -0.15) is 0 Å². The van der Waals surface area contributed by atoms with Crippen molar-refractivity contribution in [2.24, 2.45) is 0 Å². The minimum absolute atomic E-state index is 0.219. The number of nitrogens with one attached hydrogen (secondary N) is 2. The van der Waals surface area contributed by atoms with Gasteiger partial charge in [-0.05, 0) is 38.0 Å². The van der Waals surface area contributed by atoms with E-state index >= 15 is 0 Å². The molecule has 1 aliphatic rings. The summed E-state index contributed by atoms with van der Waals surface area (Å²) in [6.45, 7) is 4.59. The molecule has 2 aromatic heterocycles. The second kappa shape index (κ2) is 11.4. The molecule has 0 atom stereocenters. The molecule has 10 nitrogen and oxygen atoms in total. The van der Waals surface area contributed by atoms with E-state index in [0.29, 0.717) is 70.7 Å². The lowest BCUT2D eigenvalue weighted by Gasteiger charge is -2.18. The lowest BCUT2D eigenvalue weighted by Crippen LogP contribution is -2.29. The number of hydrogen-bond acceptors (Lipinski definition) is 7. The summed E-state index contributed by atoms with van der Waals surface area (Å²) in [5, 5.41) is 1.48. The van der Waals surface area contributed by atoms with Crippen molar-refractivity contribution in [1.29, 1.82) is 0 Å². The van der Waals surface area contributed by atoms with Crippen molar-refractivity contribution < 1.29 is 33.3 Å². The summed E-state index contributed by atoms with van der Waals surface area (Å²) in [6.07, 6.45) is 2.05. The van der Waals surface area contributed by atoms with Crippen molar-refractivity contribution >= 4 is 51.0 Å².